The molecule has 0 saturated carbocycles. The van der Waals surface area contributed by atoms with Crippen molar-refractivity contribution in [2.24, 2.45) is 35.3 Å². The Morgan fingerprint density at radius 1 is 0.613 bits per heavy atom. The summed E-state index contributed by atoms with van der Waals surface area (Å²) in [6.07, 6.45) is 12.3. The van der Waals surface area contributed by atoms with E-state index < -0.39 is 13.2 Å². The molecule has 0 unspecified atom stereocenters. The van der Waals surface area contributed by atoms with E-state index in [0.717, 1.165) is 107 Å². The molecule has 3 rings (SSSR count). The largest absolute Gasteiger partial charge is 0.469 e. The first kappa shape index (κ1) is 71.2. The number of carbonyl (C=O) groups excluding carboxylic acids is 6. The fraction of sp³-hybridized carbons (Fsp3) is 0.673. The molecule has 7 N–H and O–H groups in total. The van der Waals surface area contributed by atoms with Gasteiger partial charge < -0.3 is 41.2 Å². The lowest BCUT2D eigenvalue weighted by Crippen LogP contribution is -2.31. The molecule has 0 bridgehead atoms. The molecular weight excluding hydrogens is 968 g/mol. The number of nitrogens with two attached hydrogens (primary N) is 1. The van der Waals surface area contributed by atoms with Crippen molar-refractivity contribution >= 4 is 46.8 Å². The normalized spacial score (nSPS) is 12.2. The van der Waals surface area contributed by atoms with Crippen LogP contribution in [0, 0.1) is 29.6 Å². The number of methoxy groups -OCH3 is 2. The molecule has 0 aliphatic heterocycles. The number of alkyl halides is 1. The van der Waals surface area contributed by atoms with E-state index in [4.69, 9.17) is 21.8 Å². The highest BCUT2D eigenvalue weighted by Gasteiger charge is 2.17. The van der Waals surface area contributed by atoms with E-state index in [2.05, 4.69) is 41.3 Å². The lowest BCUT2D eigenvalue weighted by atomic mass is 10.0. The maximum absolute atomic E-state index is 12.3. The van der Waals surface area contributed by atoms with Crippen molar-refractivity contribution in [2.45, 2.75) is 159 Å². The van der Waals surface area contributed by atoms with Gasteiger partial charge in [0.15, 0.2) is 0 Å². The SMILES string of the molecule is C.CC.COC(=O)[C@@H](C)CCCCNC(=O)[C@@H](C)CCCCN.COC(=O)[C@@H](C)CCCCNC(=O)[C@@H](C)CCCCNC(=O)[C@@H](C)CCCCNC(=O)OCc1ccccc1.OOn1nnc2ccccc21.[2H]CF. The summed E-state index contributed by atoms with van der Waals surface area (Å²) >= 11 is 0. The van der Waals surface area contributed by atoms with Crippen molar-refractivity contribution in [3.8, 4) is 0 Å². The fourth-order valence-electron chi connectivity index (χ4n) is 6.96. The molecule has 4 amide bonds. The number of rotatable bonds is 32. The van der Waals surface area contributed by atoms with Crippen LogP contribution in [-0.2, 0) is 44.8 Å². The Morgan fingerprint density at radius 3 is 1.39 bits per heavy atom. The molecule has 0 aliphatic rings. The van der Waals surface area contributed by atoms with Crippen molar-refractivity contribution in [1.82, 2.24) is 36.4 Å². The number of nitrogens with zero attached hydrogens (tertiary/aromatic N) is 3. The lowest BCUT2D eigenvalue weighted by Gasteiger charge is -2.14. The predicted octanol–water partition coefficient (Wildman–Crippen LogP) is 9.17. The number of unbranched alkanes of at least 4 members (excludes halogenated alkanes) is 5. The first-order valence-corrected chi connectivity index (χ1v) is 26.2. The summed E-state index contributed by atoms with van der Waals surface area (Å²) in [6.45, 7) is 16.8. The van der Waals surface area contributed by atoms with Gasteiger partial charge in [-0.2, -0.15) is 5.26 Å². The molecule has 3 aromatic rings. The van der Waals surface area contributed by atoms with E-state index in [0.29, 0.717) is 43.8 Å². The number of ether oxygens (including phenoxy) is 3. The average molecular weight is 1070 g/mol. The summed E-state index contributed by atoms with van der Waals surface area (Å²) < 4.78 is 30.1. The molecule has 2 aromatic carbocycles. The summed E-state index contributed by atoms with van der Waals surface area (Å²) in [7, 11) is 1.80. The fourth-order valence-corrected chi connectivity index (χ4v) is 6.96. The van der Waals surface area contributed by atoms with Crippen LogP contribution in [-0.4, -0.2) is 110 Å². The van der Waals surface area contributed by atoms with Gasteiger partial charge in [-0.25, -0.2) is 9.78 Å². The zero-order valence-electron chi connectivity index (χ0n) is 47.0. The molecule has 430 valence electrons. The predicted molar refractivity (Wildman–Crippen MR) is 294 cm³/mol. The second-order valence-electron chi connectivity index (χ2n) is 17.7. The van der Waals surface area contributed by atoms with Gasteiger partial charge in [-0.05, 0) is 98.5 Å². The average Bonchev–Trinajstić information content (AvgIpc) is 3.86. The maximum Gasteiger partial charge on any atom is 0.407 e. The van der Waals surface area contributed by atoms with Crippen LogP contribution in [0.25, 0.3) is 11.0 Å². The molecule has 75 heavy (non-hydrogen) atoms. The third-order valence-corrected chi connectivity index (χ3v) is 11.7. The van der Waals surface area contributed by atoms with Gasteiger partial charge in [-0.15, -0.1) is 5.10 Å². The smallest absolute Gasteiger partial charge is 0.407 e. The molecule has 0 fully saturated rings. The molecule has 0 saturated heterocycles. The first-order valence-electron chi connectivity index (χ1n) is 26.9. The quantitative estimate of drug-likeness (QED) is 0.0112. The van der Waals surface area contributed by atoms with Crippen LogP contribution in [0.3, 0.4) is 0 Å². The van der Waals surface area contributed by atoms with Crippen LogP contribution >= 0.6 is 0 Å². The Bertz CT molecular complexity index is 1940. The molecule has 19 nitrogen and oxygen atoms in total. The van der Waals surface area contributed by atoms with Gasteiger partial charge in [-0.3, -0.25) is 28.4 Å². The van der Waals surface area contributed by atoms with Crippen LogP contribution in [0.5, 0.6) is 0 Å². The number of hydrogen-bond donors (Lipinski definition) is 6. The van der Waals surface area contributed by atoms with E-state index in [1.807, 2.05) is 84.9 Å². The molecule has 0 aliphatic carbocycles. The maximum atomic E-state index is 12.3. The number of esters is 2. The Morgan fingerprint density at radius 2 is 0.987 bits per heavy atom. The zero-order chi connectivity index (χ0) is 56.7. The topological polar surface area (TPSA) is 264 Å². The Hall–Kier alpha value is -5.89. The van der Waals surface area contributed by atoms with Gasteiger partial charge >= 0.3 is 18.0 Å². The first-order chi connectivity index (χ1) is 36.1. The number of halogens is 1. The molecule has 1 aromatic heterocycles. The van der Waals surface area contributed by atoms with Gasteiger partial charge in [-0.1, -0.05) is 130 Å². The number of alkyl carbamates (subject to hydrolysis) is 1. The highest BCUT2D eigenvalue weighted by atomic mass is 19.1. The minimum atomic E-state index is -1.00. The van der Waals surface area contributed by atoms with Crippen LogP contribution < -0.4 is 32.0 Å². The standard InChI is InChI=1S/C30H49N3O6.C15H30N2O3.C6H5N3O2.C2H6.CH3F.CH4/c1-23(27(34)32-20-12-10-16-25(3)29(36)38-4)14-8-11-19-31-28(35)24(2)15-9-13-21-33-30(37)39-22-26-17-6-5-7-18-26;1-12(8-4-6-10-16)14(18)17-11-7-5-9-13(2)15(19)20-3;10-11-9-6-4-2-1-3-5(6)7-8-9;2*1-2;/h5-7,17-18,23-25H,8-16,19-22H2,1-4H3,(H,31,35)(H,32,34)(H,33,37);12-13H,4-11,16H2,1-3H3,(H,17,18);1-4,10H;1-2H3;1H3;1H4/t23-,24-,25-;12-,13-;;;;/m00..../s1/i;;;;1D;. The number of benzene rings is 2. The monoisotopic (exact) mass is 1070 g/mol. The Labute approximate surface area is 449 Å². The highest BCUT2D eigenvalue weighted by molar-refractivity contribution is 5.79. The van der Waals surface area contributed by atoms with E-state index in [1.165, 1.54) is 14.2 Å². The summed E-state index contributed by atoms with van der Waals surface area (Å²) in [4.78, 5) is 75.5. The van der Waals surface area contributed by atoms with E-state index in [9.17, 15) is 33.2 Å². The van der Waals surface area contributed by atoms with Crippen LogP contribution in [0.1, 0.15) is 159 Å². The van der Waals surface area contributed by atoms with Gasteiger partial charge in [0.2, 0.25) is 17.7 Å². The lowest BCUT2D eigenvalue weighted by molar-refractivity contribution is -0.250. The third-order valence-electron chi connectivity index (χ3n) is 11.7. The van der Waals surface area contributed by atoms with E-state index >= 15 is 0 Å². The zero-order valence-corrected chi connectivity index (χ0v) is 46.0. The molecule has 1 heterocycles. The van der Waals surface area contributed by atoms with Crippen LogP contribution in [0.4, 0.5) is 9.18 Å². The molecular formula is C55H97FN8O11. The number of aromatic nitrogens is 3. The second-order valence-corrected chi connectivity index (χ2v) is 17.7. The van der Waals surface area contributed by atoms with Crippen molar-refractivity contribution in [3.05, 3.63) is 60.2 Å². The number of amides is 4. The van der Waals surface area contributed by atoms with Crippen molar-refractivity contribution < 1.29 is 59.0 Å². The van der Waals surface area contributed by atoms with Crippen LogP contribution in [0.15, 0.2) is 54.6 Å². The third kappa shape index (κ3) is 36.7. The summed E-state index contributed by atoms with van der Waals surface area (Å²) in [5.74, 6) is -0.439. The Kier molecular flexibility index (Phi) is 46.5. The minimum absolute atomic E-state index is 0. The van der Waals surface area contributed by atoms with Crippen LogP contribution in [0.2, 0.25) is 0 Å². The summed E-state index contributed by atoms with van der Waals surface area (Å²) in [5, 5.41) is 27.1. The number of fused-ring (bicyclic) bond motifs is 1. The van der Waals surface area contributed by atoms with Gasteiger partial charge in [0.05, 0.1) is 34.6 Å². The molecule has 5 atom stereocenters. The minimum Gasteiger partial charge on any atom is -0.469 e. The van der Waals surface area contributed by atoms with E-state index in [1.54, 1.807) is 18.2 Å². The van der Waals surface area contributed by atoms with Crippen molar-refractivity contribution in [2.75, 3.05) is 54.1 Å². The number of carbonyl (C=O) groups is 6. The summed E-state index contributed by atoms with van der Waals surface area (Å²) in [5.41, 5.74) is 7.69. The second kappa shape index (κ2) is 49.0. The molecule has 0 radical (unpaired) electrons. The number of nitrogens with one attached hydrogen (secondary N) is 4. The highest BCUT2D eigenvalue weighted by Crippen LogP contribution is 2.13. The van der Waals surface area contributed by atoms with Gasteiger partial charge in [0.1, 0.15) is 17.6 Å². The summed E-state index contributed by atoms with van der Waals surface area (Å²) in [6, 6.07) is 16.7. The van der Waals surface area contributed by atoms with Gasteiger partial charge in [0.25, 0.3) is 0 Å². The van der Waals surface area contributed by atoms with E-state index in [-0.39, 0.29) is 73.3 Å². The van der Waals surface area contributed by atoms with Crippen molar-refractivity contribution in [3.63, 3.8) is 0 Å². The number of para-hydroxylation sites is 1. The van der Waals surface area contributed by atoms with Crippen molar-refractivity contribution in [1.29, 1.82) is 0 Å². The van der Waals surface area contributed by atoms with Gasteiger partial charge in [0, 0.05) is 43.9 Å². The number of hydrogen-bond acceptors (Lipinski definition) is 14. The molecule has 20 heteroatoms. The molecule has 0 spiro atoms. The Balaban J connectivity index is -0.00000118.